The van der Waals surface area contributed by atoms with Crippen molar-refractivity contribution in [3.05, 3.63) is 63.5 Å². The Hall–Kier alpha value is -1.92. The molecule has 2 aromatic heterocycles. The predicted octanol–water partition coefficient (Wildman–Crippen LogP) is 3.95. The van der Waals surface area contributed by atoms with Crippen LogP contribution in [0.1, 0.15) is 9.67 Å². The smallest absolute Gasteiger partial charge is 0.265 e. The molecule has 6 heteroatoms. The summed E-state index contributed by atoms with van der Waals surface area (Å²) in [6, 6.07) is 13.1. The van der Waals surface area contributed by atoms with Crippen LogP contribution in [-0.4, -0.2) is 15.7 Å². The molecule has 1 amide bonds. The zero-order valence-corrected chi connectivity index (χ0v) is 12.7. The van der Waals surface area contributed by atoms with Crippen molar-refractivity contribution in [2.24, 2.45) is 0 Å². The highest BCUT2D eigenvalue weighted by atomic mass is 79.9. The molecule has 3 aromatic rings. The van der Waals surface area contributed by atoms with Crippen molar-refractivity contribution in [1.29, 1.82) is 0 Å². The fourth-order valence-corrected chi connectivity index (χ4v) is 3.09. The van der Waals surface area contributed by atoms with Crippen LogP contribution >= 0.6 is 27.3 Å². The number of aromatic nitrogens is 2. The van der Waals surface area contributed by atoms with Crippen LogP contribution in [0.15, 0.2) is 58.6 Å². The largest absolute Gasteiger partial charge is 0.319 e. The molecule has 20 heavy (non-hydrogen) atoms. The first kappa shape index (κ1) is 13.1. The topological polar surface area (TPSA) is 46.9 Å². The van der Waals surface area contributed by atoms with E-state index in [4.69, 9.17) is 0 Å². The molecule has 0 saturated carbocycles. The van der Waals surface area contributed by atoms with Gasteiger partial charge in [0.1, 0.15) is 0 Å². The molecule has 2 heterocycles. The van der Waals surface area contributed by atoms with Gasteiger partial charge in [0.05, 0.1) is 20.0 Å². The van der Waals surface area contributed by atoms with E-state index in [1.54, 1.807) is 16.9 Å². The van der Waals surface area contributed by atoms with Crippen molar-refractivity contribution in [2.75, 3.05) is 5.32 Å². The minimum atomic E-state index is -0.125. The summed E-state index contributed by atoms with van der Waals surface area (Å²) in [6.45, 7) is 0. The summed E-state index contributed by atoms with van der Waals surface area (Å²) < 4.78 is 2.66. The Morgan fingerprint density at radius 1 is 1.20 bits per heavy atom. The van der Waals surface area contributed by atoms with Gasteiger partial charge in [-0.25, -0.2) is 4.68 Å². The lowest BCUT2D eigenvalue weighted by Gasteiger charge is -2.10. The third-order valence-corrected chi connectivity index (χ3v) is 4.32. The lowest BCUT2D eigenvalue weighted by atomic mass is 10.2. The van der Waals surface area contributed by atoms with Crippen LogP contribution in [0.2, 0.25) is 0 Å². The molecule has 0 saturated heterocycles. The van der Waals surface area contributed by atoms with E-state index < -0.39 is 0 Å². The third kappa shape index (κ3) is 2.66. The lowest BCUT2D eigenvalue weighted by Crippen LogP contribution is -2.12. The average Bonchev–Trinajstić information content (AvgIpc) is 3.10. The van der Waals surface area contributed by atoms with E-state index in [1.165, 1.54) is 11.3 Å². The maximum absolute atomic E-state index is 12.2. The number of carbonyl (C=O) groups is 1. The minimum Gasteiger partial charge on any atom is -0.319 e. The lowest BCUT2D eigenvalue weighted by molar-refractivity contribution is 0.103. The number of benzene rings is 1. The highest BCUT2D eigenvalue weighted by Gasteiger charge is 2.11. The van der Waals surface area contributed by atoms with Crippen molar-refractivity contribution in [3.63, 3.8) is 0 Å². The van der Waals surface area contributed by atoms with Crippen LogP contribution in [0.4, 0.5) is 5.69 Å². The van der Waals surface area contributed by atoms with Gasteiger partial charge < -0.3 is 5.32 Å². The number of carbonyl (C=O) groups excluding carboxylic acids is 1. The summed E-state index contributed by atoms with van der Waals surface area (Å²) in [5, 5.41) is 7.11. The molecule has 3 rings (SSSR count). The van der Waals surface area contributed by atoms with E-state index in [1.807, 2.05) is 42.6 Å². The van der Waals surface area contributed by atoms with E-state index in [0.29, 0.717) is 4.88 Å². The van der Waals surface area contributed by atoms with Crippen molar-refractivity contribution in [2.45, 2.75) is 0 Å². The number of nitrogens with zero attached hydrogens (tertiary/aromatic N) is 2. The van der Waals surface area contributed by atoms with Crippen LogP contribution in [0.3, 0.4) is 0 Å². The average molecular weight is 348 g/mol. The van der Waals surface area contributed by atoms with Crippen molar-refractivity contribution in [3.8, 4) is 5.69 Å². The zero-order valence-electron chi connectivity index (χ0n) is 10.3. The Balaban J connectivity index is 1.90. The molecule has 0 aliphatic carbocycles. The Kier molecular flexibility index (Phi) is 3.66. The van der Waals surface area contributed by atoms with E-state index in [2.05, 4.69) is 26.3 Å². The highest BCUT2D eigenvalue weighted by molar-refractivity contribution is 9.11. The second-order valence-electron chi connectivity index (χ2n) is 4.03. The van der Waals surface area contributed by atoms with E-state index in [0.717, 1.165) is 15.2 Å². The van der Waals surface area contributed by atoms with Gasteiger partial charge in [-0.05, 0) is 46.3 Å². The molecular formula is C14H10BrN3OS. The number of hydrogen-bond donors (Lipinski definition) is 1. The fraction of sp³-hybridized carbons (Fsp3) is 0. The Morgan fingerprint density at radius 3 is 2.75 bits per heavy atom. The molecule has 100 valence electrons. The van der Waals surface area contributed by atoms with Gasteiger partial charge in [0.25, 0.3) is 5.91 Å². The van der Waals surface area contributed by atoms with Crippen molar-refractivity contribution >= 4 is 38.9 Å². The van der Waals surface area contributed by atoms with E-state index >= 15 is 0 Å². The Labute approximate surface area is 128 Å². The molecule has 0 radical (unpaired) electrons. The molecule has 4 nitrogen and oxygen atoms in total. The van der Waals surface area contributed by atoms with Gasteiger partial charge >= 0.3 is 0 Å². The molecule has 0 unspecified atom stereocenters. The van der Waals surface area contributed by atoms with Crippen LogP contribution in [-0.2, 0) is 0 Å². The number of nitrogens with one attached hydrogen (secondary N) is 1. The first-order valence-electron chi connectivity index (χ1n) is 5.90. The summed E-state index contributed by atoms with van der Waals surface area (Å²) >= 11 is 4.76. The number of halogens is 1. The summed E-state index contributed by atoms with van der Waals surface area (Å²) in [6.07, 6.45) is 3.54. The molecule has 0 atom stereocenters. The number of thiophene rings is 1. The molecule has 0 bridgehead atoms. The number of hydrogen-bond acceptors (Lipinski definition) is 3. The molecule has 1 N–H and O–H groups in total. The van der Waals surface area contributed by atoms with E-state index in [9.17, 15) is 4.79 Å². The number of amides is 1. The summed E-state index contributed by atoms with van der Waals surface area (Å²) in [4.78, 5) is 12.9. The standard InChI is InChI=1S/C14H10BrN3OS/c15-13-7-6-12(20-13)14(19)17-10-4-1-2-5-11(10)18-9-3-8-16-18/h1-9H,(H,17,19). The fourth-order valence-electron chi connectivity index (χ4n) is 1.81. The summed E-state index contributed by atoms with van der Waals surface area (Å²) in [7, 11) is 0. The Morgan fingerprint density at radius 2 is 2.05 bits per heavy atom. The molecule has 0 spiro atoms. The minimum absolute atomic E-state index is 0.125. The van der Waals surface area contributed by atoms with Gasteiger partial charge in [0.15, 0.2) is 0 Å². The SMILES string of the molecule is O=C(Nc1ccccc1-n1cccn1)c1ccc(Br)s1. The monoisotopic (exact) mass is 347 g/mol. The van der Waals surface area contributed by atoms with Crippen LogP contribution < -0.4 is 5.32 Å². The molecule has 0 fully saturated rings. The van der Waals surface area contributed by atoms with Gasteiger partial charge in [0.2, 0.25) is 0 Å². The summed E-state index contributed by atoms with van der Waals surface area (Å²) in [5.41, 5.74) is 1.56. The molecular weight excluding hydrogens is 338 g/mol. The highest BCUT2D eigenvalue weighted by Crippen LogP contribution is 2.24. The molecule has 1 aromatic carbocycles. The van der Waals surface area contributed by atoms with Crippen LogP contribution in [0.25, 0.3) is 5.69 Å². The Bertz CT molecular complexity index is 736. The maximum atomic E-state index is 12.2. The second-order valence-corrected chi connectivity index (χ2v) is 6.49. The predicted molar refractivity (Wildman–Crippen MR) is 83.5 cm³/mol. The summed E-state index contributed by atoms with van der Waals surface area (Å²) in [5.74, 6) is -0.125. The maximum Gasteiger partial charge on any atom is 0.265 e. The zero-order chi connectivity index (χ0) is 13.9. The van der Waals surface area contributed by atoms with Crippen LogP contribution in [0, 0.1) is 0 Å². The number of rotatable bonds is 3. The van der Waals surface area contributed by atoms with Crippen molar-refractivity contribution in [1.82, 2.24) is 9.78 Å². The first-order valence-corrected chi connectivity index (χ1v) is 7.51. The van der Waals surface area contributed by atoms with Crippen molar-refractivity contribution < 1.29 is 4.79 Å². The van der Waals surface area contributed by atoms with Gasteiger partial charge in [-0.3, -0.25) is 4.79 Å². The van der Waals surface area contributed by atoms with E-state index in [-0.39, 0.29) is 5.91 Å². The second kappa shape index (κ2) is 5.60. The first-order chi connectivity index (χ1) is 9.74. The normalized spacial score (nSPS) is 10.4. The van der Waals surface area contributed by atoms with Crippen LogP contribution in [0.5, 0.6) is 0 Å². The van der Waals surface area contributed by atoms with Gasteiger partial charge in [-0.15, -0.1) is 11.3 Å². The molecule has 0 aliphatic heterocycles. The van der Waals surface area contributed by atoms with Gasteiger partial charge in [-0.2, -0.15) is 5.10 Å². The van der Waals surface area contributed by atoms with Gasteiger partial charge in [-0.1, -0.05) is 12.1 Å². The van der Waals surface area contributed by atoms with Gasteiger partial charge in [0, 0.05) is 12.4 Å². The number of anilines is 1. The third-order valence-electron chi connectivity index (χ3n) is 2.70. The number of para-hydroxylation sites is 2. The quantitative estimate of drug-likeness (QED) is 0.779. The molecule has 0 aliphatic rings.